The molecule has 0 saturated heterocycles. The van der Waals surface area contributed by atoms with Crippen LogP contribution in [0.3, 0.4) is 0 Å². The van der Waals surface area contributed by atoms with E-state index in [0.717, 1.165) is 18.2 Å². The number of carbonyl (C=O) groups is 2. The van der Waals surface area contributed by atoms with E-state index in [0.29, 0.717) is 23.6 Å². The lowest BCUT2D eigenvalue weighted by molar-refractivity contribution is -0.124. The fraction of sp³-hybridized carbons (Fsp3) is 0.273. The fourth-order valence-electron chi connectivity index (χ4n) is 3.18. The number of allylic oxidation sites excluding steroid dienone is 1. The quantitative estimate of drug-likeness (QED) is 0.253. The minimum atomic E-state index is -1.04. The van der Waals surface area contributed by atoms with Crippen LogP contribution in [0.15, 0.2) is 48.6 Å². The van der Waals surface area contributed by atoms with Gasteiger partial charge >= 0.3 is 6.09 Å². The maximum atomic E-state index is 14.0. The third-order valence-electron chi connectivity index (χ3n) is 4.79. The Kier molecular flexibility index (Phi) is 8.06. The highest BCUT2D eigenvalue weighted by Crippen LogP contribution is 2.35. The molecule has 2 atom stereocenters. The Hall–Kier alpha value is -3.83. The highest BCUT2D eigenvalue weighted by Gasteiger charge is 2.28. The number of phenols is 1. The first-order valence-corrected chi connectivity index (χ1v) is 9.90. The van der Waals surface area contributed by atoms with E-state index >= 15 is 0 Å². The molecule has 0 unspecified atom stereocenters. The monoisotopic (exact) mass is 462 g/mol. The van der Waals surface area contributed by atoms with Gasteiger partial charge in [0.1, 0.15) is 0 Å². The maximum Gasteiger partial charge on any atom is 0.412 e. The lowest BCUT2D eigenvalue weighted by Crippen LogP contribution is -2.28. The predicted octanol–water partition coefficient (Wildman–Crippen LogP) is 3.41. The molecule has 1 heterocycles. The van der Waals surface area contributed by atoms with Crippen molar-refractivity contribution in [2.75, 3.05) is 19.2 Å². The molecule has 33 heavy (non-hydrogen) atoms. The smallest absolute Gasteiger partial charge is 0.412 e. The fourth-order valence-corrected chi connectivity index (χ4v) is 3.18. The Balaban J connectivity index is 1.75. The molecular formula is C22H23FN2O8. The molecule has 0 saturated carbocycles. The predicted molar refractivity (Wildman–Crippen MR) is 113 cm³/mol. The SMILES string of the molecule is CO[C@@H](CC/C=C/C(=O)NO)[C@@H](OC(=O)Nc1ccc2c(c1)OCO2)c1ccc(O)c(F)c1. The van der Waals surface area contributed by atoms with Crippen molar-refractivity contribution in [3.8, 4) is 17.2 Å². The second-order valence-corrected chi connectivity index (χ2v) is 6.96. The molecule has 1 aliphatic heterocycles. The van der Waals surface area contributed by atoms with Gasteiger partial charge in [0.05, 0.1) is 6.10 Å². The van der Waals surface area contributed by atoms with Crippen LogP contribution in [0.5, 0.6) is 17.2 Å². The molecule has 2 aromatic carbocycles. The average Bonchev–Trinajstić information content (AvgIpc) is 3.27. The molecular weight excluding hydrogens is 439 g/mol. The van der Waals surface area contributed by atoms with Crippen molar-refractivity contribution in [1.29, 1.82) is 0 Å². The Morgan fingerprint density at radius 3 is 2.73 bits per heavy atom. The molecule has 0 spiro atoms. The zero-order valence-corrected chi connectivity index (χ0v) is 17.6. The number of ether oxygens (including phenoxy) is 4. The van der Waals surface area contributed by atoms with Crippen molar-refractivity contribution < 1.29 is 43.2 Å². The van der Waals surface area contributed by atoms with Gasteiger partial charge in [0.15, 0.2) is 29.2 Å². The summed E-state index contributed by atoms with van der Waals surface area (Å²) in [6, 6.07) is 8.43. The molecule has 1 aliphatic rings. The van der Waals surface area contributed by atoms with Gasteiger partial charge in [-0.1, -0.05) is 12.1 Å². The van der Waals surface area contributed by atoms with Crippen LogP contribution in [0, 0.1) is 5.82 Å². The number of benzene rings is 2. The summed E-state index contributed by atoms with van der Waals surface area (Å²) < 4.78 is 35.6. The summed E-state index contributed by atoms with van der Waals surface area (Å²) in [5.74, 6) is -1.10. The number of hydrogen-bond donors (Lipinski definition) is 4. The number of phenolic OH excluding ortho intramolecular Hbond substituents is 1. The Bertz CT molecular complexity index is 1030. The highest BCUT2D eigenvalue weighted by atomic mass is 19.1. The van der Waals surface area contributed by atoms with Crippen LogP contribution >= 0.6 is 0 Å². The molecule has 2 aromatic rings. The average molecular weight is 462 g/mol. The van der Waals surface area contributed by atoms with Gasteiger partial charge in [-0.25, -0.2) is 14.7 Å². The van der Waals surface area contributed by atoms with Crippen molar-refractivity contribution in [2.24, 2.45) is 0 Å². The molecule has 11 heteroatoms. The first-order chi connectivity index (χ1) is 15.9. The van der Waals surface area contributed by atoms with E-state index in [4.69, 9.17) is 24.2 Å². The number of rotatable bonds is 9. The molecule has 10 nitrogen and oxygen atoms in total. The summed E-state index contributed by atoms with van der Waals surface area (Å²) in [7, 11) is 1.40. The van der Waals surface area contributed by atoms with Crippen LogP contribution in [0.1, 0.15) is 24.5 Å². The van der Waals surface area contributed by atoms with Gasteiger partial charge in [-0.05, 0) is 42.7 Å². The minimum absolute atomic E-state index is 0.0850. The van der Waals surface area contributed by atoms with Crippen molar-refractivity contribution in [1.82, 2.24) is 5.48 Å². The number of nitrogens with one attached hydrogen (secondary N) is 2. The molecule has 2 amide bonds. The van der Waals surface area contributed by atoms with Crippen molar-refractivity contribution in [3.63, 3.8) is 0 Å². The van der Waals surface area contributed by atoms with E-state index in [-0.39, 0.29) is 18.8 Å². The van der Waals surface area contributed by atoms with Crippen molar-refractivity contribution in [3.05, 3.63) is 59.9 Å². The molecule has 0 aromatic heterocycles. The molecule has 176 valence electrons. The van der Waals surface area contributed by atoms with Crippen LogP contribution in [0.2, 0.25) is 0 Å². The summed E-state index contributed by atoms with van der Waals surface area (Å²) in [6.45, 7) is 0.0850. The number of aromatic hydroxyl groups is 1. The van der Waals surface area contributed by atoms with E-state index in [1.54, 1.807) is 18.2 Å². The van der Waals surface area contributed by atoms with Crippen LogP contribution in [-0.4, -0.2) is 42.3 Å². The Labute approximate surface area is 188 Å². The standard InChI is InChI=1S/C22H23FN2O8/c1-30-18(4-2-3-5-20(27)25-29)21(13-6-8-16(26)15(23)10-13)33-22(28)24-14-7-9-17-19(11-14)32-12-31-17/h3,5-11,18,21,26,29H,2,4,12H2,1H3,(H,24,28)(H,25,27)/b5-3+/t18-,21-/m0/s1. The topological polar surface area (TPSA) is 136 Å². The maximum absolute atomic E-state index is 14.0. The van der Waals surface area contributed by atoms with Gasteiger partial charge in [-0.2, -0.15) is 0 Å². The normalized spacial score (nSPS) is 14.0. The third kappa shape index (κ3) is 6.34. The van der Waals surface area contributed by atoms with Gasteiger partial charge in [-0.15, -0.1) is 0 Å². The third-order valence-corrected chi connectivity index (χ3v) is 4.79. The largest absolute Gasteiger partial charge is 0.505 e. The van der Waals surface area contributed by atoms with E-state index in [2.05, 4.69) is 5.32 Å². The Morgan fingerprint density at radius 2 is 2.00 bits per heavy atom. The minimum Gasteiger partial charge on any atom is -0.505 e. The number of anilines is 1. The molecule has 0 aliphatic carbocycles. The van der Waals surface area contributed by atoms with E-state index in [9.17, 15) is 19.1 Å². The molecule has 0 bridgehead atoms. The van der Waals surface area contributed by atoms with Crippen LogP contribution < -0.4 is 20.3 Å². The number of hydrogen-bond acceptors (Lipinski definition) is 8. The number of halogens is 1. The summed E-state index contributed by atoms with van der Waals surface area (Å²) in [4.78, 5) is 23.7. The van der Waals surface area contributed by atoms with Crippen molar-refractivity contribution >= 4 is 17.7 Å². The second-order valence-electron chi connectivity index (χ2n) is 6.96. The zero-order valence-electron chi connectivity index (χ0n) is 17.6. The number of methoxy groups -OCH3 is 1. The van der Waals surface area contributed by atoms with Gasteiger partial charge < -0.3 is 24.1 Å². The summed E-state index contributed by atoms with van der Waals surface area (Å²) in [5, 5.41) is 20.6. The number of carbonyl (C=O) groups excluding carboxylic acids is 2. The van der Waals surface area contributed by atoms with E-state index < -0.39 is 35.8 Å². The van der Waals surface area contributed by atoms with Crippen molar-refractivity contribution in [2.45, 2.75) is 25.0 Å². The van der Waals surface area contributed by atoms with Gasteiger partial charge in [0.25, 0.3) is 5.91 Å². The Morgan fingerprint density at radius 1 is 1.21 bits per heavy atom. The molecule has 3 rings (SSSR count). The summed E-state index contributed by atoms with van der Waals surface area (Å²) in [6.07, 6.45) is 0.655. The van der Waals surface area contributed by atoms with Gasteiger partial charge in [0, 0.05) is 24.9 Å². The molecule has 0 radical (unpaired) electrons. The summed E-state index contributed by atoms with van der Waals surface area (Å²) >= 11 is 0. The lowest BCUT2D eigenvalue weighted by Gasteiger charge is -2.26. The molecule has 0 fully saturated rings. The summed E-state index contributed by atoms with van der Waals surface area (Å²) in [5.41, 5.74) is 2.13. The van der Waals surface area contributed by atoms with Crippen LogP contribution in [0.4, 0.5) is 14.9 Å². The van der Waals surface area contributed by atoms with Crippen LogP contribution in [-0.2, 0) is 14.3 Å². The second kappa shape index (κ2) is 11.2. The van der Waals surface area contributed by atoms with E-state index in [1.807, 2.05) is 0 Å². The van der Waals surface area contributed by atoms with E-state index in [1.165, 1.54) is 24.7 Å². The number of hydroxylamine groups is 1. The molecule has 4 N–H and O–H groups in total. The first-order valence-electron chi connectivity index (χ1n) is 9.90. The van der Waals surface area contributed by atoms with Gasteiger partial charge in [-0.3, -0.25) is 15.3 Å². The van der Waals surface area contributed by atoms with Crippen LogP contribution in [0.25, 0.3) is 0 Å². The first kappa shape index (κ1) is 23.8. The highest BCUT2D eigenvalue weighted by molar-refractivity contribution is 5.86. The van der Waals surface area contributed by atoms with Gasteiger partial charge in [0.2, 0.25) is 6.79 Å². The zero-order chi connectivity index (χ0) is 23.8. The number of fused-ring (bicyclic) bond motifs is 1. The lowest BCUT2D eigenvalue weighted by atomic mass is 10.00. The number of amides is 2.